The molecule has 0 amide bonds. The van der Waals surface area contributed by atoms with E-state index in [2.05, 4.69) is 16.9 Å². The summed E-state index contributed by atoms with van der Waals surface area (Å²) >= 11 is 0. The normalized spacial score (nSPS) is 26.1. The molecule has 5 heteroatoms. The second kappa shape index (κ2) is 8.36. The van der Waals surface area contributed by atoms with Gasteiger partial charge >= 0.3 is 0 Å². The van der Waals surface area contributed by atoms with Gasteiger partial charge in [-0.25, -0.2) is 8.78 Å². The molecule has 1 saturated carbocycles. The van der Waals surface area contributed by atoms with Gasteiger partial charge in [-0.15, -0.1) is 0 Å². The van der Waals surface area contributed by atoms with Crippen molar-refractivity contribution >= 4 is 16.7 Å². The van der Waals surface area contributed by atoms with E-state index in [0.29, 0.717) is 12.3 Å². The highest BCUT2D eigenvalue weighted by Gasteiger charge is 2.50. The first-order valence-corrected chi connectivity index (χ1v) is 11.4. The number of aromatic nitrogens is 1. The number of pyridine rings is 1. The smallest absolute Gasteiger partial charge is 0.142 e. The highest BCUT2D eigenvalue weighted by atomic mass is 19.1. The number of benzene rings is 2. The quantitative estimate of drug-likeness (QED) is 0.541. The minimum atomic E-state index is -0.278. The number of fused-ring (bicyclic) bond motifs is 1. The number of nitrogens with zero attached hydrogens (tertiary/aromatic N) is 2. The van der Waals surface area contributed by atoms with Gasteiger partial charge < -0.3 is 4.90 Å². The Morgan fingerprint density at radius 1 is 1.06 bits per heavy atom. The summed E-state index contributed by atoms with van der Waals surface area (Å²) in [5.41, 5.74) is 2.87. The van der Waals surface area contributed by atoms with E-state index in [4.69, 9.17) is 0 Å². The van der Waals surface area contributed by atoms with Crippen molar-refractivity contribution < 1.29 is 13.6 Å². The van der Waals surface area contributed by atoms with E-state index in [1.54, 1.807) is 24.3 Å². The van der Waals surface area contributed by atoms with Crippen LogP contribution in [0.25, 0.3) is 10.9 Å². The van der Waals surface area contributed by atoms with Gasteiger partial charge in [-0.05, 0) is 91.6 Å². The van der Waals surface area contributed by atoms with Crippen molar-refractivity contribution in [1.29, 1.82) is 0 Å². The Balaban J connectivity index is 1.34. The number of hydrogen-bond donors (Lipinski definition) is 0. The molecule has 0 N–H and O–H groups in total. The number of halogens is 2. The molecule has 2 heterocycles. The summed E-state index contributed by atoms with van der Waals surface area (Å²) in [6.07, 6.45) is 6.13. The number of Topliss-reactive ketones (excluding diaryl/α,β-unsaturated/α-hetero) is 1. The van der Waals surface area contributed by atoms with Crippen LogP contribution in [0, 0.1) is 23.0 Å². The molecule has 1 aromatic heterocycles. The molecule has 1 aliphatic carbocycles. The Morgan fingerprint density at radius 2 is 1.78 bits per heavy atom. The average molecular weight is 435 g/mol. The predicted molar refractivity (Wildman–Crippen MR) is 121 cm³/mol. The van der Waals surface area contributed by atoms with Crippen LogP contribution in [0.5, 0.6) is 0 Å². The summed E-state index contributed by atoms with van der Waals surface area (Å²) in [7, 11) is 2.10. The van der Waals surface area contributed by atoms with Crippen molar-refractivity contribution in [3.8, 4) is 0 Å². The van der Waals surface area contributed by atoms with Crippen LogP contribution >= 0.6 is 0 Å². The van der Waals surface area contributed by atoms with Gasteiger partial charge in [0.05, 0.1) is 5.52 Å². The number of likely N-dealkylation sites (tertiary alicyclic amines) is 1. The fraction of sp³-hybridized carbons (Fsp3) is 0.407. The largest absolute Gasteiger partial charge is 0.305 e. The van der Waals surface area contributed by atoms with Crippen LogP contribution in [-0.2, 0) is 11.2 Å². The maximum atomic E-state index is 13.9. The maximum Gasteiger partial charge on any atom is 0.142 e. The Hall–Kier alpha value is -2.66. The second-order valence-corrected chi connectivity index (χ2v) is 9.72. The van der Waals surface area contributed by atoms with Crippen LogP contribution < -0.4 is 0 Å². The van der Waals surface area contributed by atoms with Crippen molar-refractivity contribution in [2.45, 2.75) is 38.0 Å². The van der Waals surface area contributed by atoms with E-state index in [9.17, 15) is 13.6 Å². The van der Waals surface area contributed by atoms with E-state index in [1.807, 2.05) is 12.3 Å². The van der Waals surface area contributed by atoms with Crippen LogP contribution in [0.4, 0.5) is 8.78 Å². The lowest BCUT2D eigenvalue weighted by molar-refractivity contribution is -0.125. The van der Waals surface area contributed by atoms with Gasteiger partial charge in [0.25, 0.3) is 0 Å². The highest BCUT2D eigenvalue weighted by molar-refractivity contribution is 5.85. The molecule has 2 fully saturated rings. The van der Waals surface area contributed by atoms with Crippen molar-refractivity contribution in [2.24, 2.45) is 11.3 Å². The molecule has 3 aromatic rings. The second-order valence-electron chi connectivity index (χ2n) is 9.72. The van der Waals surface area contributed by atoms with Crippen LogP contribution in [-0.4, -0.2) is 35.8 Å². The Morgan fingerprint density at radius 3 is 2.53 bits per heavy atom. The van der Waals surface area contributed by atoms with Gasteiger partial charge in [-0.2, -0.15) is 0 Å². The molecule has 32 heavy (non-hydrogen) atoms. The van der Waals surface area contributed by atoms with E-state index < -0.39 is 0 Å². The van der Waals surface area contributed by atoms with Gasteiger partial charge in [0.2, 0.25) is 0 Å². The summed E-state index contributed by atoms with van der Waals surface area (Å²) < 4.78 is 27.2. The fourth-order valence-electron chi connectivity index (χ4n) is 6.09. The molecule has 0 bridgehead atoms. The molecule has 5 rings (SSSR count). The lowest BCUT2D eigenvalue weighted by atomic mass is 9.62. The number of ketones is 1. The van der Waals surface area contributed by atoms with E-state index >= 15 is 0 Å². The Kier molecular flexibility index (Phi) is 5.54. The van der Waals surface area contributed by atoms with Gasteiger partial charge in [0.15, 0.2) is 0 Å². The topological polar surface area (TPSA) is 33.2 Å². The first kappa shape index (κ1) is 21.2. The monoisotopic (exact) mass is 434 g/mol. The minimum absolute atomic E-state index is 0.00352. The predicted octanol–water partition coefficient (Wildman–Crippen LogP) is 5.53. The Bertz CT molecular complexity index is 1140. The molecule has 1 spiro atoms. The van der Waals surface area contributed by atoms with Crippen molar-refractivity contribution in [1.82, 2.24) is 9.88 Å². The fourth-order valence-corrected chi connectivity index (χ4v) is 6.09. The average Bonchev–Trinajstić information content (AvgIpc) is 3.11. The molecule has 166 valence electrons. The minimum Gasteiger partial charge on any atom is -0.305 e. The van der Waals surface area contributed by atoms with Gasteiger partial charge in [0, 0.05) is 37.0 Å². The third-order valence-electron chi connectivity index (χ3n) is 7.66. The number of carbonyl (C=O) groups excluding carboxylic acids is 1. The molecular formula is C27H28F2N2O. The summed E-state index contributed by atoms with van der Waals surface area (Å²) in [4.78, 5) is 20.0. The lowest BCUT2D eigenvalue weighted by Gasteiger charge is -2.41. The van der Waals surface area contributed by atoms with E-state index in [0.717, 1.165) is 55.2 Å². The zero-order valence-electron chi connectivity index (χ0n) is 18.4. The van der Waals surface area contributed by atoms with E-state index in [-0.39, 0.29) is 28.8 Å². The Labute approximate surface area is 187 Å². The van der Waals surface area contributed by atoms with Crippen LogP contribution in [0.3, 0.4) is 0 Å². The molecule has 2 aliphatic rings. The summed E-state index contributed by atoms with van der Waals surface area (Å²) in [5.74, 6) is 0.107. The number of carbonyl (C=O) groups is 1. The summed E-state index contributed by atoms with van der Waals surface area (Å²) in [5, 5.41) is 0.904. The highest BCUT2D eigenvalue weighted by Crippen LogP contribution is 2.51. The number of rotatable bonds is 4. The summed E-state index contributed by atoms with van der Waals surface area (Å²) in [6, 6.07) is 13.1. The first-order chi connectivity index (χ1) is 15.4. The standard InChI is InChI=1S/C27H28F2N2O/c1-31-16-24(26(32)14-18-2-4-20(28)5-3-18)27(17-31)11-8-19(9-12-27)22-10-13-30-25-7-6-21(29)15-23(22)25/h2-7,10,13,15,19,24H,8-9,11-12,14,16-17H2,1H3. The SMILES string of the molecule is CN1CC(C(=O)Cc2ccc(F)cc2)C2(CCC(c3ccnc4ccc(F)cc34)CC2)C1. The first-order valence-electron chi connectivity index (χ1n) is 11.4. The van der Waals surface area contributed by atoms with Gasteiger partial charge in [-0.1, -0.05) is 12.1 Å². The summed E-state index contributed by atoms with van der Waals surface area (Å²) in [6.45, 7) is 1.72. The van der Waals surface area contributed by atoms with E-state index in [1.165, 1.54) is 23.8 Å². The molecule has 1 atom stereocenters. The molecular weight excluding hydrogens is 406 g/mol. The third-order valence-corrected chi connectivity index (χ3v) is 7.66. The van der Waals surface area contributed by atoms with Crippen LogP contribution in [0.2, 0.25) is 0 Å². The maximum absolute atomic E-state index is 13.9. The molecule has 1 unspecified atom stereocenters. The third kappa shape index (κ3) is 3.95. The molecule has 3 nitrogen and oxygen atoms in total. The number of hydrogen-bond acceptors (Lipinski definition) is 3. The molecule has 1 aliphatic heterocycles. The van der Waals surface area contributed by atoms with Crippen molar-refractivity contribution in [3.63, 3.8) is 0 Å². The lowest BCUT2D eigenvalue weighted by Crippen LogP contribution is -2.38. The molecule has 0 radical (unpaired) electrons. The zero-order chi connectivity index (χ0) is 22.3. The molecule has 1 saturated heterocycles. The van der Waals surface area contributed by atoms with Crippen molar-refractivity contribution in [2.75, 3.05) is 20.1 Å². The van der Waals surface area contributed by atoms with Gasteiger partial charge in [0.1, 0.15) is 17.4 Å². The van der Waals surface area contributed by atoms with Crippen molar-refractivity contribution in [3.05, 3.63) is 77.5 Å². The molecule has 2 aromatic carbocycles. The zero-order valence-corrected chi connectivity index (χ0v) is 18.4. The van der Waals surface area contributed by atoms with Crippen LogP contribution in [0.1, 0.15) is 42.7 Å². The van der Waals surface area contributed by atoms with Gasteiger partial charge in [-0.3, -0.25) is 9.78 Å². The van der Waals surface area contributed by atoms with Crippen LogP contribution in [0.15, 0.2) is 54.7 Å².